The standard InChI is InChI=1S/C21H36N4O2.HI/c1-4-22-21(23-13-16-27-5-2)24-17-19(25-14-9-6-10-15-25)18-11-7-8-12-20(18)26-3;/h7-8,11-12,19H,4-6,9-10,13-17H2,1-3H3,(H2,22,23,24);1H. The second-order valence-corrected chi connectivity index (χ2v) is 6.70. The van der Waals surface area contributed by atoms with Gasteiger partial charge in [0.2, 0.25) is 0 Å². The minimum absolute atomic E-state index is 0. The van der Waals surface area contributed by atoms with Crippen LogP contribution in [0.4, 0.5) is 0 Å². The molecule has 0 aromatic heterocycles. The van der Waals surface area contributed by atoms with Crippen LogP contribution in [0.2, 0.25) is 0 Å². The molecule has 0 saturated carbocycles. The summed E-state index contributed by atoms with van der Waals surface area (Å²) in [4.78, 5) is 7.43. The van der Waals surface area contributed by atoms with Gasteiger partial charge < -0.3 is 20.1 Å². The number of piperidine rings is 1. The predicted molar refractivity (Wildman–Crippen MR) is 127 cm³/mol. The second-order valence-electron chi connectivity index (χ2n) is 6.70. The molecular weight excluding hydrogens is 467 g/mol. The summed E-state index contributed by atoms with van der Waals surface area (Å²) in [6.45, 7) is 10.0. The van der Waals surface area contributed by atoms with Gasteiger partial charge in [0.1, 0.15) is 5.75 Å². The van der Waals surface area contributed by atoms with Crippen molar-refractivity contribution in [2.75, 3.05) is 53.0 Å². The van der Waals surface area contributed by atoms with Gasteiger partial charge in [0.15, 0.2) is 5.96 Å². The molecule has 160 valence electrons. The molecule has 1 aliphatic heterocycles. The molecule has 1 saturated heterocycles. The Balaban J connectivity index is 0.00000392. The molecule has 0 aliphatic carbocycles. The second kappa shape index (κ2) is 14.9. The summed E-state index contributed by atoms with van der Waals surface area (Å²) < 4.78 is 11.1. The zero-order valence-electron chi connectivity index (χ0n) is 17.6. The molecule has 6 nitrogen and oxygen atoms in total. The van der Waals surface area contributed by atoms with Crippen LogP contribution in [0.5, 0.6) is 5.75 Å². The number of para-hydroxylation sites is 1. The van der Waals surface area contributed by atoms with Crippen molar-refractivity contribution < 1.29 is 9.47 Å². The number of guanidine groups is 1. The molecule has 0 bridgehead atoms. The summed E-state index contributed by atoms with van der Waals surface area (Å²) in [5.74, 6) is 1.78. The Morgan fingerprint density at radius 1 is 1.14 bits per heavy atom. The third-order valence-corrected chi connectivity index (χ3v) is 4.84. The number of ether oxygens (including phenoxy) is 2. The molecule has 0 amide bonds. The first kappa shape index (κ1) is 25.0. The van der Waals surface area contributed by atoms with E-state index in [4.69, 9.17) is 14.5 Å². The van der Waals surface area contributed by atoms with Crippen LogP contribution in [0.25, 0.3) is 0 Å². The van der Waals surface area contributed by atoms with Gasteiger partial charge in [-0.3, -0.25) is 9.89 Å². The molecule has 28 heavy (non-hydrogen) atoms. The molecule has 0 spiro atoms. The average Bonchev–Trinajstić information content (AvgIpc) is 2.72. The monoisotopic (exact) mass is 504 g/mol. The van der Waals surface area contributed by atoms with Crippen molar-refractivity contribution in [3.05, 3.63) is 29.8 Å². The number of halogens is 1. The minimum atomic E-state index is 0. The number of methoxy groups -OCH3 is 1. The highest BCUT2D eigenvalue weighted by molar-refractivity contribution is 14.0. The van der Waals surface area contributed by atoms with Crippen LogP contribution >= 0.6 is 24.0 Å². The smallest absolute Gasteiger partial charge is 0.191 e. The van der Waals surface area contributed by atoms with Gasteiger partial charge in [0, 0.05) is 25.3 Å². The van der Waals surface area contributed by atoms with Gasteiger partial charge in [-0.25, -0.2) is 0 Å². The number of hydrogen-bond donors (Lipinski definition) is 2. The van der Waals surface area contributed by atoms with E-state index >= 15 is 0 Å². The maximum absolute atomic E-state index is 5.64. The number of rotatable bonds is 10. The zero-order valence-corrected chi connectivity index (χ0v) is 19.9. The van der Waals surface area contributed by atoms with E-state index in [2.05, 4.69) is 34.6 Å². The molecule has 1 fully saturated rings. The predicted octanol–water partition coefficient (Wildman–Crippen LogP) is 3.43. The first-order valence-corrected chi connectivity index (χ1v) is 10.3. The van der Waals surface area contributed by atoms with Crippen molar-refractivity contribution >= 4 is 29.9 Å². The highest BCUT2D eigenvalue weighted by Crippen LogP contribution is 2.31. The Morgan fingerprint density at radius 2 is 1.89 bits per heavy atom. The Bertz CT molecular complexity index is 565. The van der Waals surface area contributed by atoms with Crippen molar-refractivity contribution in [2.45, 2.75) is 39.2 Å². The highest BCUT2D eigenvalue weighted by Gasteiger charge is 2.24. The fraction of sp³-hybridized carbons (Fsp3) is 0.667. The van der Waals surface area contributed by atoms with Gasteiger partial charge >= 0.3 is 0 Å². The molecule has 0 radical (unpaired) electrons. The lowest BCUT2D eigenvalue weighted by Crippen LogP contribution is -2.40. The number of benzene rings is 1. The van der Waals surface area contributed by atoms with Crippen molar-refractivity contribution in [2.24, 2.45) is 4.99 Å². The van der Waals surface area contributed by atoms with E-state index in [0.717, 1.165) is 44.5 Å². The summed E-state index contributed by atoms with van der Waals surface area (Å²) in [6.07, 6.45) is 3.82. The SMILES string of the molecule is CCNC(=NCC(c1ccccc1OC)N1CCCCC1)NCCOCC.I. The van der Waals surface area contributed by atoms with Crippen LogP contribution in [-0.4, -0.2) is 63.9 Å². The van der Waals surface area contributed by atoms with E-state index in [-0.39, 0.29) is 30.0 Å². The first-order valence-electron chi connectivity index (χ1n) is 10.3. The summed E-state index contributed by atoms with van der Waals surface area (Å²) in [7, 11) is 1.74. The molecular formula is C21H37IN4O2. The van der Waals surface area contributed by atoms with E-state index in [1.807, 2.05) is 19.1 Å². The van der Waals surface area contributed by atoms with E-state index in [1.165, 1.54) is 24.8 Å². The number of hydrogen-bond acceptors (Lipinski definition) is 4. The Kier molecular flexibility index (Phi) is 13.3. The Labute approximate surface area is 187 Å². The summed E-state index contributed by atoms with van der Waals surface area (Å²) in [5.41, 5.74) is 1.22. The van der Waals surface area contributed by atoms with Crippen LogP contribution < -0.4 is 15.4 Å². The van der Waals surface area contributed by atoms with Crippen LogP contribution in [0.3, 0.4) is 0 Å². The lowest BCUT2D eigenvalue weighted by atomic mass is 10.0. The van der Waals surface area contributed by atoms with Crippen LogP contribution in [0.15, 0.2) is 29.3 Å². The van der Waals surface area contributed by atoms with Gasteiger partial charge in [0.25, 0.3) is 0 Å². The number of likely N-dealkylation sites (tertiary alicyclic amines) is 1. The molecule has 1 aliphatic rings. The number of aliphatic imine (C=N–C) groups is 1. The van der Waals surface area contributed by atoms with Gasteiger partial charge in [-0.1, -0.05) is 24.6 Å². The average molecular weight is 504 g/mol. The van der Waals surface area contributed by atoms with Crippen LogP contribution in [0, 0.1) is 0 Å². The van der Waals surface area contributed by atoms with Crippen LogP contribution in [-0.2, 0) is 4.74 Å². The van der Waals surface area contributed by atoms with E-state index in [1.54, 1.807) is 7.11 Å². The topological polar surface area (TPSA) is 58.1 Å². The summed E-state index contributed by atoms with van der Waals surface area (Å²) in [5, 5.41) is 6.69. The highest BCUT2D eigenvalue weighted by atomic mass is 127. The van der Waals surface area contributed by atoms with E-state index in [0.29, 0.717) is 13.2 Å². The molecule has 1 aromatic rings. The number of nitrogens with one attached hydrogen (secondary N) is 2. The molecule has 1 unspecified atom stereocenters. The minimum Gasteiger partial charge on any atom is -0.496 e. The third kappa shape index (κ3) is 8.13. The molecule has 1 atom stereocenters. The lowest BCUT2D eigenvalue weighted by molar-refractivity contribution is 0.152. The maximum atomic E-state index is 5.64. The molecule has 2 rings (SSSR count). The van der Waals surface area contributed by atoms with Gasteiger partial charge in [-0.05, 0) is 45.8 Å². The van der Waals surface area contributed by atoms with Crippen molar-refractivity contribution in [3.63, 3.8) is 0 Å². The van der Waals surface area contributed by atoms with Crippen molar-refractivity contribution in [1.82, 2.24) is 15.5 Å². The van der Waals surface area contributed by atoms with E-state index in [9.17, 15) is 0 Å². The van der Waals surface area contributed by atoms with Crippen molar-refractivity contribution in [3.8, 4) is 5.75 Å². The summed E-state index contributed by atoms with van der Waals surface area (Å²) >= 11 is 0. The van der Waals surface area contributed by atoms with Crippen molar-refractivity contribution in [1.29, 1.82) is 0 Å². The Morgan fingerprint density at radius 3 is 2.57 bits per heavy atom. The van der Waals surface area contributed by atoms with Gasteiger partial charge in [-0.15, -0.1) is 24.0 Å². The fourth-order valence-corrected chi connectivity index (χ4v) is 3.49. The first-order chi connectivity index (χ1) is 13.3. The van der Waals surface area contributed by atoms with Gasteiger partial charge in [-0.2, -0.15) is 0 Å². The normalized spacial score (nSPS) is 16.2. The quantitative estimate of drug-likeness (QED) is 0.221. The third-order valence-electron chi connectivity index (χ3n) is 4.84. The number of nitrogens with zero attached hydrogens (tertiary/aromatic N) is 2. The van der Waals surface area contributed by atoms with Gasteiger partial charge in [0.05, 0.1) is 26.3 Å². The fourth-order valence-electron chi connectivity index (χ4n) is 3.49. The van der Waals surface area contributed by atoms with E-state index < -0.39 is 0 Å². The molecule has 2 N–H and O–H groups in total. The molecule has 1 heterocycles. The molecule has 1 aromatic carbocycles. The van der Waals surface area contributed by atoms with Crippen LogP contribution in [0.1, 0.15) is 44.7 Å². The largest absolute Gasteiger partial charge is 0.496 e. The molecule has 7 heteroatoms. The Hall–Kier alpha value is -1.06. The zero-order chi connectivity index (χ0) is 19.3. The lowest BCUT2D eigenvalue weighted by Gasteiger charge is -2.34. The maximum Gasteiger partial charge on any atom is 0.191 e. The summed E-state index contributed by atoms with van der Waals surface area (Å²) in [6, 6.07) is 8.55.